The van der Waals surface area contributed by atoms with Gasteiger partial charge in [-0.05, 0) is 11.6 Å². The fraction of sp³-hybridized carbons (Fsp3) is 0.250. The molecule has 1 atom stereocenters. The van der Waals surface area contributed by atoms with Crippen LogP contribution >= 0.6 is 11.8 Å². The first-order valence-corrected chi connectivity index (χ1v) is 4.13. The van der Waals surface area contributed by atoms with Crippen molar-refractivity contribution in [3.8, 4) is 0 Å². The van der Waals surface area contributed by atoms with Crippen LogP contribution in [-0.4, -0.2) is 5.50 Å². The molecule has 1 aliphatic rings. The quantitative estimate of drug-likeness (QED) is 0.553. The number of rotatable bonds is 0. The molecule has 0 saturated carbocycles. The summed E-state index contributed by atoms with van der Waals surface area (Å²) in [5, 5.41) is 0. The highest BCUT2D eigenvalue weighted by atomic mass is 32.2. The summed E-state index contributed by atoms with van der Waals surface area (Å²) in [7, 11) is 0. The van der Waals surface area contributed by atoms with Gasteiger partial charge in [-0.2, -0.15) is 0 Å². The van der Waals surface area contributed by atoms with Crippen LogP contribution in [0.25, 0.3) is 0 Å². The van der Waals surface area contributed by atoms with Gasteiger partial charge >= 0.3 is 0 Å². The highest BCUT2D eigenvalue weighted by molar-refractivity contribution is 8.00. The molecule has 0 aromatic heterocycles. The fourth-order valence-corrected chi connectivity index (χ4v) is 2.14. The molecule has 1 heterocycles. The molecule has 2 rings (SSSR count). The van der Waals surface area contributed by atoms with Crippen molar-refractivity contribution in [2.24, 2.45) is 0 Å². The van der Waals surface area contributed by atoms with Crippen molar-refractivity contribution in [2.75, 3.05) is 0 Å². The lowest BCUT2D eigenvalue weighted by atomic mass is 10.2. The molecule has 0 radical (unpaired) electrons. The summed E-state index contributed by atoms with van der Waals surface area (Å²) in [4.78, 5) is 1.11. The lowest BCUT2D eigenvalue weighted by Gasteiger charge is -1.91. The topological polar surface area (TPSA) is 0 Å². The Morgan fingerprint density at radius 1 is 1.40 bits per heavy atom. The van der Waals surface area contributed by atoms with Crippen LogP contribution in [0.1, 0.15) is 5.56 Å². The number of benzene rings is 1. The molecule has 2 heteroatoms. The van der Waals surface area contributed by atoms with E-state index in [9.17, 15) is 4.39 Å². The standard InChI is InChI=1S/C8H7FS/c9-8-5-6-3-1-2-4-7(6)10-8/h1-4,8H,5H2. The average Bonchev–Trinajstić information content (AvgIpc) is 2.27. The molecule has 1 aliphatic heterocycles. The van der Waals surface area contributed by atoms with E-state index in [1.807, 2.05) is 24.3 Å². The van der Waals surface area contributed by atoms with Gasteiger partial charge in [-0.15, -0.1) is 0 Å². The van der Waals surface area contributed by atoms with Gasteiger partial charge in [0.25, 0.3) is 0 Å². The first kappa shape index (κ1) is 6.23. The number of hydrogen-bond acceptors (Lipinski definition) is 1. The van der Waals surface area contributed by atoms with Gasteiger partial charge in [-0.3, -0.25) is 0 Å². The minimum Gasteiger partial charge on any atom is -0.235 e. The number of alkyl halides is 1. The summed E-state index contributed by atoms with van der Waals surface area (Å²) >= 11 is 1.32. The molecule has 1 aromatic rings. The molecule has 0 amide bonds. The third kappa shape index (κ3) is 0.926. The molecule has 0 saturated heterocycles. The van der Waals surface area contributed by atoms with E-state index in [0.717, 1.165) is 10.5 Å². The van der Waals surface area contributed by atoms with Crippen LogP contribution < -0.4 is 0 Å². The van der Waals surface area contributed by atoms with Crippen molar-refractivity contribution in [3.05, 3.63) is 29.8 Å². The average molecular weight is 154 g/mol. The minimum absolute atomic E-state index is 0.584. The normalized spacial score (nSPS) is 22.7. The zero-order valence-corrected chi connectivity index (χ0v) is 6.20. The van der Waals surface area contributed by atoms with Crippen molar-refractivity contribution in [3.63, 3.8) is 0 Å². The van der Waals surface area contributed by atoms with E-state index in [0.29, 0.717) is 6.42 Å². The number of hydrogen-bond donors (Lipinski definition) is 0. The summed E-state index contributed by atoms with van der Waals surface area (Å²) in [5.74, 6) is 0. The molecule has 10 heavy (non-hydrogen) atoms. The van der Waals surface area contributed by atoms with Crippen molar-refractivity contribution < 1.29 is 4.39 Å². The van der Waals surface area contributed by atoms with E-state index in [-0.39, 0.29) is 0 Å². The van der Waals surface area contributed by atoms with Crippen LogP contribution in [0.5, 0.6) is 0 Å². The number of thioether (sulfide) groups is 1. The molecule has 1 aromatic carbocycles. The van der Waals surface area contributed by atoms with Crippen LogP contribution in [0.4, 0.5) is 4.39 Å². The maximum absolute atomic E-state index is 12.7. The van der Waals surface area contributed by atoms with Crippen LogP contribution in [0.15, 0.2) is 29.2 Å². The Kier molecular flexibility index (Phi) is 1.42. The SMILES string of the molecule is FC1Cc2ccccc2S1. The first-order chi connectivity index (χ1) is 4.86. The first-order valence-electron chi connectivity index (χ1n) is 3.25. The molecular weight excluding hydrogens is 147 g/mol. The third-order valence-electron chi connectivity index (χ3n) is 1.61. The van der Waals surface area contributed by atoms with Crippen molar-refractivity contribution >= 4 is 11.8 Å². The number of fused-ring (bicyclic) bond motifs is 1. The second kappa shape index (κ2) is 2.27. The Bertz CT molecular complexity index is 222. The summed E-state index contributed by atoms with van der Waals surface area (Å²) in [6.45, 7) is 0. The summed E-state index contributed by atoms with van der Waals surface area (Å²) in [6.07, 6.45) is 0.584. The third-order valence-corrected chi connectivity index (χ3v) is 2.68. The van der Waals surface area contributed by atoms with Crippen LogP contribution in [-0.2, 0) is 6.42 Å². The van der Waals surface area contributed by atoms with Crippen molar-refractivity contribution in [2.45, 2.75) is 16.8 Å². The molecule has 1 unspecified atom stereocenters. The van der Waals surface area contributed by atoms with E-state index < -0.39 is 5.50 Å². The van der Waals surface area contributed by atoms with Gasteiger partial charge in [-0.25, -0.2) is 4.39 Å². The van der Waals surface area contributed by atoms with Gasteiger partial charge in [0.2, 0.25) is 0 Å². The monoisotopic (exact) mass is 154 g/mol. The Hall–Kier alpha value is -0.500. The maximum Gasteiger partial charge on any atom is 0.154 e. The lowest BCUT2D eigenvalue weighted by molar-refractivity contribution is 0.457. The molecule has 0 nitrogen and oxygen atoms in total. The Morgan fingerprint density at radius 3 is 3.00 bits per heavy atom. The second-order valence-corrected chi connectivity index (χ2v) is 3.53. The summed E-state index contributed by atoms with van der Waals surface area (Å²) in [5.41, 5.74) is 0.442. The molecule has 0 N–H and O–H groups in total. The predicted octanol–water partition coefficient (Wildman–Crippen LogP) is 2.63. The minimum atomic E-state index is -0.711. The van der Waals surface area contributed by atoms with Crippen molar-refractivity contribution in [1.29, 1.82) is 0 Å². The summed E-state index contributed by atoms with van der Waals surface area (Å²) < 4.78 is 12.7. The number of halogens is 1. The molecule has 52 valence electrons. The van der Waals surface area contributed by atoms with Gasteiger partial charge < -0.3 is 0 Å². The van der Waals surface area contributed by atoms with E-state index in [2.05, 4.69) is 0 Å². The highest BCUT2D eigenvalue weighted by Gasteiger charge is 2.19. The second-order valence-electron chi connectivity index (χ2n) is 2.34. The van der Waals surface area contributed by atoms with Gasteiger partial charge in [0, 0.05) is 11.3 Å². The molecule has 0 fully saturated rings. The van der Waals surface area contributed by atoms with E-state index in [1.54, 1.807) is 0 Å². The molecule has 0 aliphatic carbocycles. The smallest absolute Gasteiger partial charge is 0.154 e. The van der Waals surface area contributed by atoms with E-state index in [4.69, 9.17) is 0 Å². The van der Waals surface area contributed by atoms with Crippen LogP contribution in [0.2, 0.25) is 0 Å². The summed E-state index contributed by atoms with van der Waals surface area (Å²) in [6, 6.07) is 7.86. The van der Waals surface area contributed by atoms with Gasteiger partial charge in [0.15, 0.2) is 5.50 Å². The molecule has 0 spiro atoms. The van der Waals surface area contributed by atoms with Gasteiger partial charge in [0.05, 0.1) is 0 Å². The Morgan fingerprint density at radius 2 is 2.20 bits per heavy atom. The Balaban J connectivity index is 2.42. The lowest BCUT2D eigenvalue weighted by Crippen LogP contribution is -1.87. The molecule has 0 bridgehead atoms. The van der Waals surface area contributed by atoms with E-state index in [1.165, 1.54) is 11.8 Å². The maximum atomic E-state index is 12.7. The highest BCUT2D eigenvalue weighted by Crippen LogP contribution is 2.36. The molecular formula is C8H7FS. The fourth-order valence-electron chi connectivity index (χ4n) is 1.14. The van der Waals surface area contributed by atoms with Crippen molar-refractivity contribution in [1.82, 2.24) is 0 Å². The van der Waals surface area contributed by atoms with E-state index >= 15 is 0 Å². The van der Waals surface area contributed by atoms with Crippen LogP contribution in [0, 0.1) is 0 Å². The van der Waals surface area contributed by atoms with Gasteiger partial charge in [0.1, 0.15) is 0 Å². The predicted molar refractivity (Wildman–Crippen MR) is 40.9 cm³/mol. The zero-order chi connectivity index (χ0) is 6.97. The Labute approximate surface area is 63.4 Å². The van der Waals surface area contributed by atoms with Crippen LogP contribution in [0.3, 0.4) is 0 Å². The zero-order valence-electron chi connectivity index (χ0n) is 5.38. The largest absolute Gasteiger partial charge is 0.235 e. The van der Waals surface area contributed by atoms with Gasteiger partial charge in [-0.1, -0.05) is 30.0 Å².